The summed E-state index contributed by atoms with van der Waals surface area (Å²) in [5.74, 6) is 1.30. The van der Waals surface area contributed by atoms with Gasteiger partial charge in [-0.1, -0.05) is 28.9 Å². The van der Waals surface area contributed by atoms with Crippen LogP contribution in [0.5, 0.6) is 11.5 Å². The molecule has 1 aliphatic heterocycles. The number of methoxy groups -OCH3 is 2. The normalized spacial score (nSPS) is 17.0. The third kappa shape index (κ3) is 6.57. The van der Waals surface area contributed by atoms with Gasteiger partial charge < -0.3 is 24.3 Å². The number of nitrogens with zero attached hydrogens (tertiary/aromatic N) is 2. The number of oxime groups is 1. The van der Waals surface area contributed by atoms with Gasteiger partial charge in [-0.2, -0.15) is 0 Å². The number of aliphatic hydroxyl groups is 1. The Bertz CT molecular complexity index is 601. The van der Waals surface area contributed by atoms with Crippen LogP contribution in [0.3, 0.4) is 0 Å². The second-order valence-electron chi connectivity index (χ2n) is 5.82. The number of allylic oxidation sites excluding steroid dienone is 1. The Kier molecular flexibility index (Phi) is 8.04. The van der Waals surface area contributed by atoms with E-state index in [1.807, 2.05) is 18.2 Å². The van der Waals surface area contributed by atoms with Gasteiger partial charge in [0.05, 0.1) is 14.2 Å². The maximum Gasteiger partial charge on any atom is 0.168 e. The highest BCUT2D eigenvalue weighted by Gasteiger charge is 2.15. The molecule has 1 atom stereocenters. The Labute approximate surface area is 153 Å². The van der Waals surface area contributed by atoms with E-state index in [9.17, 15) is 5.11 Å². The van der Waals surface area contributed by atoms with Crippen molar-refractivity contribution in [2.45, 2.75) is 18.9 Å². The van der Waals surface area contributed by atoms with Gasteiger partial charge in [0.1, 0.15) is 12.7 Å². The van der Waals surface area contributed by atoms with Crippen molar-refractivity contribution in [1.82, 2.24) is 4.90 Å². The van der Waals surface area contributed by atoms with Crippen LogP contribution in [0, 0.1) is 0 Å². The number of hydrogen-bond acceptors (Lipinski definition) is 6. The van der Waals surface area contributed by atoms with E-state index in [-0.39, 0.29) is 11.8 Å². The Morgan fingerprint density at radius 1 is 1.28 bits per heavy atom. The van der Waals surface area contributed by atoms with Gasteiger partial charge in [-0.3, -0.25) is 0 Å². The van der Waals surface area contributed by atoms with Crippen molar-refractivity contribution < 1.29 is 19.4 Å². The maximum absolute atomic E-state index is 9.91. The first kappa shape index (κ1) is 19.6. The van der Waals surface area contributed by atoms with E-state index in [2.05, 4.69) is 10.1 Å². The quantitative estimate of drug-likeness (QED) is 0.536. The molecule has 0 bridgehead atoms. The van der Waals surface area contributed by atoms with Gasteiger partial charge in [0.15, 0.2) is 16.7 Å². The monoisotopic (exact) mass is 368 g/mol. The lowest BCUT2D eigenvalue weighted by Crippen LogP contribution is -2.32. The molecule has 1 aromatic carbocycles. The Morgan fingerprint density at radius 3 is 2.68 bits per heavy atom. The average molecular weight is 369 g/mol. The number of ether oxygens (including phenoxy) is 2. The van der Waals surface area contributed by atoms with E-state index < -0.39 is 6.10 Å². The highest BCUT2D eigenvalue weighted by atomic mass is 35.5. The van der Waals surface area contributed by atoms with Crippen LogP contribution in [-0.4, -0.2) is 61.7 Å². The third-order valence-corrected chi connectivity index (χ3v) is 4.10. The van der Waals surface area contributed by atoms with E-state index in [1.54, 1.807) is 26.4 Å². The number of aliphatic hydroxyl groups excluding tert-OH is 1. The van der Waals surface area contributed by atoms with Gasteiger partial charge in [0.2, 0.25) is 0 Å². The molecule has 0 spiro atoms. The fourth-order valence-corrected chi connectivity index (χ4v) is 2.76. The minimum atomic E-state index is -0.568. The molecule has 0 saturated carbocycles. The summed E-state index contributed by atoms with van der Waals surface area (Å²) in [5, 5.41) is 13.9. The van der Waals surface area contributed by atoms with Crippen LogP contribution in [0.4, 0.5) is 0 Å². The molecule has 0 aliphatic carbocycles. The fraction of sp³-hybridized carbons (Fsp3) is 0.500. The molecule has 1 N–H and O–H groups in total. The molecular weight excluding hydrogens is 344 g/mol. The van der Waals surface area contributed by atoms with Crippen molar-refractivity contribution in [3.8, 4) is 11.5 Å². The Morgan fingerprint density at radius 2 is 2.00 bits per heavy atom. The molecule has 25 heavy (non-hydrogen) atoms. The van der Waals surface area contributed by atoms with E-state index in [0.29, 0.717) is 18.0 Å². The first-order valence-corrected chi connectivity index (χ1v) is 8.66. The number of benzene rings is 1. The molecule has 1 fully saturated rings. The van der Waals surface area contributed by atoms with E-state index in [4.69, 9.17) is 25.9 Å². The van der Waals surface area contributed by atoms with Crippen molar-refractivity contribution >= 4 is 22.8 Å². The molecule has 0 amide bonds. The van der Waals surface area contributed by atoms with E-state index >= 15 is 0 Å². The van der Waals surface area contributed by atoms with Crippen molar-refractivity contribution in [3.63, 3.8) is 0 Å². The molecule has 7 heteroatoms. The topological polar surface area (TPSA) is 63.5 Å². The summed E-state index contributed by atoms with van der Waals surface area (Å²) < 4.78 is 10.4. The SMILES string of the molecule is COc1ccc(/C=C/C(Cl)=N/OCC(O)CN2CCCC2)cc1OC. The van der Waals surface area contributed by atoms with Crippen LogP contribution < -0.4 is 9.47 Å². The molecule has 1 unspecified atom stereocenters. The smallest absolute Gasteiger partial charge is 0.168 e. The van der Waals surface area contributed by atoms with Gasteiger partial charge in [0, 0.05) is 6.54 Å². The van der Waals surface area contributed by atoms with Gasteiger partial charge in [0.25, 0.3) is 0 Å². The molecule has 1 aromatic rings. The lowest BCUT2D eigenvalue weighted by molar-refractivity contribution is 0.0234. The van der Waals surface area contributed by atoms with Gasteiger partial charge >= 0.3 is 0 Å². The zero-order chi connectivity index (χ0) is 18.1. The van der Waals surface area contributed by atoms with E-state index in [1.165, 1.54) is 12.8 Å². The van der Waals surface area contributed by atoms with Crippen molar-refractivity contribution in [2.75, 3.05) is 40.5 Å². The van der Waals surface area contributed by atoms with Crippen LogP contribution >= 0.6 is 11.6 Å². The summed E-state index contributed by atoms with van der Waals surface area (Å²) in [7, 11) is 3.17. The summed E-state index contributed by atoms with van der Waals surface area (Å²) in [6.45, 7) is 2.80. The number of rotatable bonds is 9. The standard InChI is InChI=1S/C18H25ClN2O4/c1-23-16-7-5-14(11-17(16)24-2)6-8-18(19)20-25-13-15(22)12-21-9-3-4-10-21/h5-8,11,15,22H,3-4,9-10,12-13H2,1-2H3/b8-6+,20-18-. The van der Waals surface area contributed by atoms with Crippen molar-refractivity contribution in [3.05, 3.63) is 29.8 Å². The Hall–Kier alpha value is -1.76. The lowest BCUT2D eigenvalue weighted by atomic mass is 10.2. The second kappa shape index (κ2) is 10.3. The molecule has 0 aromatic heterocycles. The predicted octanol–water partition coefficient (Wildman–Crippen LogP) is 2.74. The van der Waals surface area contributed by atoms with E-state index in [0.717, 1.165) is 18.7 Å². The zero-order valence-electron chi connectivity index (χ0n) is 14.7. The van der Waals surface area contributed by atoms with Crippen LogP contribution in [0.25, 0.3) is 6.08 Å². The highest BCUT2D eigenvalue weighted by molar-refractivity contribution is 6.68. The minimum absolute atomic E-state index is 0.122. The first-order valence-electron chi connectivity index (χ1n) is 8.28. The number of β-amino-alcohol motifs (C(OH)–C–C–N with tert-alkyl or cyclic N) is 1. The molecular formula is C18H25ClN2O4. The fourth-order valence-electron chi connectivity index (χ4n) is 2.65. The maximum atomic E-state index is 9.91. The number of halogens is 1. The summed E-state index contributed by atoms with van der Waals surface area (Å²) in [6.07, 6.45) is 5.23. The molecule has 138 valence electrons. The highest BCUT2D eigenvalue weighted by Crippen LogP contribution is 2.28. The van der Waals surface area contributed by atoms with Gasteiger partial charge in [-0.25, -0.2) is 0 Å². The number of hydrogen-bond donors (Lipinski definition) is 1. The van der Waals surface area contributed by atoms with Crippen molar-refractivity contribution in [1.29, 1.82) is 0 Å². The molecule has 1 heterocycles. The summed E-state index contributed by atoms with van der Waals surface area (Å²) in [4.78, 5) is 7.34. The van der Waals surface area contributed by atoms with Gasteiger partial charge in [-0.15, -0.1) is 0 Å². The van der Waals surface area contributed by atoms with Crippen LogP contribution in [0.15, 0.2) is 29.4 Å². The molecule has 0 radical (unpaired) electrons. The second-order valence-corrected chi connectivity index (χ2v) is 6.21. The minimum Gasteiger partial charge on any atom is -0.493 e. The lowest BCUT2D eigenvalue weighted by Gasteiger charge is -2.18. The largest absolute Gasteiger partial charge is 0.493 e. The van der Waals surface area contributed by atoms with Crippen molar-refractivity contribution in [2.24, 2.45) is 5.16 Å². The van der Waals surface area contributed by atoms with Crippen LogP contribution in [0.2, 0.25) is 0 Å². The van der Waals surface area contributed by atoms with Crippen LogP contribution in [0.1, 0.15) is 18.4 Å². The number of likely N-dealkylation sites (tertiary alicyclic amines) is 1. The first-order chi connectivity index (χ1) is 12.1. The average Bonchev–Trinajstić information content (AvgIpc) is 3.12. The molecule has 1 aliphatic rings. The van der Waals surface area contributed by atoms with Gasteiger partial charge in [-0.05, 0) is 49.7 Å². The third-order valence-electron chi connectivity index (χ3n) is 3.91. The Balaban J connectivity index is 1.80. The molecule has 6 nitrogen and oxygen atoms in total. The molecule has 1 saturated heterocycles. The summed E-state index contributed by atoms with van der Waals surface area (Å²) >= 11 is 6.01. The molecule has 2 rings (SSSR count). The zero-order valence-corrected chi connectivity index (χ0v) is 15.4. The van der Waals surface area contributed by atoms with Crippen LogP contribution in [-0.2, 0) is 4.84 Å². The predicted molar refractivity (Wildman–Crippen MR) is 99.5 cm³/mol. The summed E-state index contributed by atoms with van der Waals surface area (Å²) in [5.41, 5.74) is 0.889. The summed E-state index contributed by atoms with van der Waals surface area (Å²) in [6, 6.07) is 5.53.